The molecule has 1 N–H and O–H groups in total. The average molecular weight is 409 g/mol. The van der Waals surface area contributed by atoms with Crippen LogP contribution in [0.1, 0.15) is 0 Å². The van der Waals surface area contributed by atoms with Crippen molar-refractivity contribution in [1.82, 2.24) is 19.1 Å². The van der Waals surface area contributed by atoms with E-state index in [-0.39, 0.29) is 5.69 Å². The smallest absolute Gasteiger partial charge is 0.211 e. The maximum atomic E-state index is 14.2. The van der Waals surface area contributed by atoms with Crippen LogP contribution in [0, 0.1) is 11.6 Å². The first kappa shape index (κ1) is 18.6. The summed E-state index contributed by atoms with van der Waals surface area (Å²) in [4.78, 5) is 6.32. The number of hydrogen-bond acceptors (Lipinski definition) is 6. The lowest BCUT2D eigenvalue weighted by Gasteiger charge is -2.33. The van der Waals surface area contributed by atoms with Crippen LogP contribution in [-0.4, -0.2) is 65.0 Å². The summed E-state index contributed by atoms with van der Waals surface area (Å²) in [5, 5.41) is 14.4. The highest BCUT2D eigenvalue weighted by Gasteiger charge is 2.24. The van der Waals surface area contributed by atoms with Crippen LogP contribution in [0.15, 0.2) is 30.6 Å². The molecule has 148 valence electrons. The van der Waals surface area contributed by atoms with Gasteiger partial charge in [0.2, 0.25) is 10.0 Å². The number of anilines is 1. The zero-order chi connectivity index (χ0) is 20.1. The van der Waals surface area contributed by atoms with Crippen molar-refractivity contribution in [2.24, 2.45) is 0 Å². The first-order valence-corrected chi connectivity index (χ1v) is 10.3. The number of aromatic nitrogens is 3. The van der Waals surface area contributed by atoms with Crippen LogP contribution >= 0.6 is 0 Å². The van der Waals surface area contributed by atoms with Crippen LogP contribution in [0.2, 0.25) is 0 Å². The van der Waals surface area contributed by atoms with Crippen molar-refractivity contribution in [3.63, 3.8) is 0 Å². The highest BCUT2D eigenvalue weighted by Crippen LogP contribution is 2.27. The molecule has 11 heteroatoms. The minimum absolute atomic E-state index is 0.0848. The number of aromatic hydroxyl groups is 1. The molecule has 4 rings (SSSR count). The molecule has 1 aromatic carbocycles. The molecule has 1 fully saturated rings. The van der Waals surface area contributed by atoms with E-state index in [1.807, 2.05) is 4.90 Å². The molecule has 0 spiro atoms. The first-order chi connectivity index (χ1) is 13.2. The molecule has 2 aromatic heterocycles. The fourth-order valence-corrected chi connectivity index (χ4v) is 3.99. The van der Waals surface area contributed by atoms with Gasteiger partial charge in [-0.25, -0.2) is 26.9 Å². The largest absolute Gasteiger partial charge is 0.503 e. The van der Waals surface area contributed by atoms with Crippen molar-refractivity contribution >= 4 is 26.7 Å². The van der Waals surface area contributed by atoms with Crippen LogP contribution in [-0.2, 0) is 10.0 Å². The molecule has 0 bridgehead atoms. The zero-order valence-corrected chi connectivity index (χ0v) is 15.7. The highest BCUT2D eigenvalue weighted by atomic mass is 32.2. The molecular formula is C17H17F2N5O3S. The maximum absolute atomic E-state index is 14.2. The van der Waals surface area contributed by atoms with E-state index in [1.165, 1.54) is 27.5 Å². The molecule has 1 aliphatic heterocycles. The maximum Gasteiger partial charge on any atom is 0.211 e. The molecule has 3 heterocycles. The molecule has 0 radical (unpaired) electrons. The van der Waals surface area contributed by atoms with Crippen molar-refractivity contribution in [1.29, 1.82) is 0 Å². The molecule has 0 aliphatic carbocycles. The van der Waals surface area contributed by atoms with Gasteiger partial charge in [0.15, 0.2) is 17.4 Å². The van der Waals surface area contributed by atoms with E-state index in [2.05, 4.69) is 10.1 Å². The Labute approximate surface area is 159 Å². The van der Waals surface area contributed by atoms with Crippen molar-refractivity contribution in [3.05, 3.63) is 42.2 Å². The normalized spacial score (nSPS) is 16.0. The molecule has 3 aromatic rings. The Morgan fingerprint density at radius 2 is 1.86 bits per heavy atom. The van der Waals surface area contributed by atoms with Crippen molar-refractivity contribution in [2.75, 3.05) is 37.3 Å². The molecule has 0 atom stereocenters. The fourth-order valence-electron chi connectivity index (χ4n) is 3.17. The van der Waals surface area contributed by atoms with Crippen molar-refractivity contribution in [2.45, 2.75) is 0 Å². The van der Waals surface area contributed by atoms with Gasteiger partial charge in [-0.2, -0.15) is 9.40 Å². The third-order valence-electron chi connectivity index (χ3n) is 4.70. The number of pyridine rings is 1. The Bertz CT molecular complexity index is 1160. The highest BCUT2D eigenvalue weighted by molar-refractivity contribution is 7.88. The summed E-state index contributed by atoms with van der Waals surface area (Å²) in [6, 6.07) is 3.93. The lowest BCUT2D eigenvalue weighted by molar-refractivity contribution is 0.387. The van der Waals surface area contributed by atoms with Crippen LogP contribution in [0.3, 0.4) is 0 Å². The van der Waals surface area contributed by atoms with Gasteiger partial charge in [0.1, 0.15) is 17.0 Å². The number of piperazine rings is 1. The number of hydrogen-bond donors (Lipinski definition) is 1. The monoisotopic (exact) mass is 409 g/mol. The van der Waals surface area contributed by atoms with E-state index in [0.29, 0.717) is 42.9 Å². The quantitative estimate of drug-likeness (QED) is 0.705. The Kier molecular flexibility index (Phi) is 4.42. The first-order valence-electron chi connectivity index (χ1n) is 8.47. The number of halogens is 2. The number of benzene rings is 1. The Balaban J connectivity index is 1.62. The van der Waals surface area contributed by atoms with Gasteiger partial charge in [0, 0.05) is 37.8 Å². The van der Waals surface area contributed by atoms with E-state index >= 15 is 0 Å². The molecular weight excluding hydrogens is 392 g/mol. The van der Waals surface area contributed by atoms with E-state index in [1.54, 1.807) is 12.3 Å². The summed E-state index contributed by atoms with van der Waals surface area (Å²) >= 11 is 0. The molecule has 0 saturated carbocycles. The summed E-state index contributed by atoms with van der Waals surface area (Å²) in [6.07, 6.45) is 4.28. The van der Waals surface area contributed by atoms with Crippen LogP contribution in [0.4, 0.5) is 14.6 Å². The molecule has 0 unspecified atom stereocenters. The van der Waals surface area contributed by atoms with E-state index in [0.717, 1.165) is 6.07 Å². The average Bonchev–Trinajstić information content (AvgIpc) is 3.08. The van der Waals surface area contributed by atoms with Gasteiger partial charge in [0.25, 0.3) is 0 Å². The van der Waals surface area contributed by atoms with Crippen LogP contribution in [0.5, 0.6) is 5.75 Å². The fraction of sp³-hybridized carbons (Fsp3) is 0.294. The molecule has 0 amide bonds. The van der Waals surface area contributed by atoms with Gasteiger partial charge >= 0.3 is 0 Å². The minimum atomic E-state index is -3.21. The van der Waals surface area contributed by atoms with Gasteiger partial charge < -0.3 is 10.0 Å². The standard InChI is InChI=1S/C17H17F2N5O3S/c1-28(26,27)23-6-4-22(5-7-23)15-8-11-10-24(21-13(11)9-20-15)14-3-2-12(18)17(25)16(14)19/h2-3,8-10,25H,4-7H2,1H3. The number of fused-ring (bicyclic) bond motifs is 1. The Morgan fingerprint density at radius 1 is 1.14 bits per heavy atom. The minimum Gasteiger partial charge on any atom is -0.503 e. The topological polar surface area (TPSA) is 91.6 Å². The van der Waals surface area contributed by atoms with E-state index in [4.69, 9.17) is 0 Å². The summed E-state index contributed by atoms with van der Waals surface area (Å²) in [6.45, 7) is 1.75. The number of phenols is 1. The predicted octanol–water partition coefficient (Wildman–Crippen LogP) is 1.49. The second-order valence-electron chi connectivity index (χ2n) is 6.55. The lowest BCUT2D eigenvalue weighted by Crippen LogP contribution is -2.48. The predicted molar refractivity (Wildman–Crippen MR) is 99.1 cm³/mol. The molecule has 1 saturated heterocycles. The van der Waals surface area contributed by atoms with Crippen molar-refractivity contribution in [3.8, 4) is 11.4 Å². The number of sulfonamides is 1. The zero-order valence-electron chi connectivity index (χ0n) is 14.9. The van der Waals surface area contributed by atoms with Gasteiger partial charge in [-0.05, 0) is 18.2 Å². The van der Waals surface area contributed by atoms with Gasteiger partial charge in [-0.15, -0.1) is 0 Å². The summed E-state index contributed by atoms with van der Waals surface area (Å²) in [5.74, 6) is -2.55. The number of phenolic OH excluding ortho intramolecular Hbond substituents is 1. The van der Waals surface area contributed by atoms with Gasteiger partial charge in [-0.1, -0.05) is 0 Å². The Morgan fingerprint density at radius 3 is 2.54 bits per heavy atom. The number of nitrogens with zero attached hydrogens (tertiary/aromatic N) is 5. The summed E-state index contributed by atoms with van der Waals surface area (Å²) < 4.78 is 53.3. The molecule has 1 aliphatic rings. The lowest BCUT2D eigenvalue weighted by atomic mass is 10.2. The van der Waals surface area contributed by atoms with Gasteiger partial charge in [-0.3, -0.25) is 0 Å². The van der Waals surface area contributed by atoms with Crippen LogP contribution in [0.25, 0.3) is 16.6 Å². The van der Waals surface area contributed by atoms with Crippen molar-refractivity contribution < 1.29 is 22.3 Å². The third kappa shape index (κ3) is 3.27. The summed E-state index contributed by atoms with van der Waals surface area (Å²) in [7, 11) is -3.21. The SMILES string of the molecule is CS(=O)(=O)N1CCN(c2cc3cn(-c4ccc(F)c(O)c4F)nc3cn2)CC1. The second-order valence-corrected chi connectivity index (χ2v) is 8.54. The number of rotatable bonds is 3. The second kappa shape index (κ2) is 6.67. The Hall–Kier alpha value is -2.79. The molecule has 8 nitrogen and oxygen atoms in total. The van der Waals surface area contributed by atoms with E-state index in [9.17, 15) is 22.3 Å². The molecule has 28 heavy (non-hydrogen) atoms. The van der Waals surface area contributed by atoms with E-state index < -0.39 is 27.4 Å². The summed E-state index contributed by atoms with van der Waals surface area (Å²) in [5.41, 5.74) is 0.417. The van der Waals surface area contributed by atoms with Crippen LogP contribution < -0.4 is 4.90 Å². The third-order valence-corrected chi connectivity index (χ3v) is 6.00. The van der Waals surface area contributed by atoms with Gasteiger partial charge in [0.05, 0.1) is 12.5 Å².